The summed E-state index contributed by atoms with van der Waals surface area (Å²) in [6.07, 6.45) is 5.24. The van der Waals surface area contributed by atoms with E-state index in [-0.39, 0.29) is 11.9 Å². The number of nitrogens with two attached hydrogens (primary N) is 1. The number of hydrogen-bond acceptors (Lipinski definition) is 3. The molecular weight excluding hydrogens is 216 g/mol. The summed E-state index contributed by atoms with van der Waals surface area (Å²) in [5.41, 5.74) is 6.60. The maximum absolute atomic E-state index is 11.8. The lowest BCUT2D eigenvalue weighted by Gasteiger charge is -2.21. The van der Waals surface area contributed by atoms with E-state index in [1.165, 1.54) is 0 Å². The molecule has 0 aromatic carbocycles. The molecule has 0 aliphatic heterocycles. The SMILES string of the molecule is CCC(CC)C(N)CNC(=O)c1cncn1C. The molecule has 1 heterocycles. The average Bonchev–Trinajstić information content (AvgIpc) is 2.74. The van der Waals surface area contributed by atoms with Crippen LogP contribution >= 0.6 is 0 Å². The number of amides is 1. The minimum atomic E-state index is -0.119. The first-order valence-electron chi connectivity index (χ1n) is 6.10. The number of aromatic nitrogens is 2. The fourth-order valence-corrected chi connectivity index (χ4v) is 1.94. The van der Waals surface area contributed by atoms with Crippen LogP contribution in [-0.4, -0.2) is 28.0 Å². The van der Waals surface area contributed by atoms with Gasteiger partial charge in [0.25, 0.3) is 5.91 Å². The van der Waals surface area contributed by atoms with Crippen molar-refractivity contribution >= 4 is 5.91 Å². The van der Waals surface area contributed by atoms with Crippen molar-refractivity contribution < 1.29 is 4.79 Å². The van der Waals surface area contributed by atoms with E-state index in [0.29, 0.717) is 18.2 Å². The van der Waals surface area contributed by atoms with Crippen LogP contribution in [0.4, 0.5) is 0 Å². The average molecular weight is 238 g/mol. The molecule has 5 heteroatoms. The van der Waals surface area contributed by atoms with E-state index >= 15 is 0 Å². The highest BCUT2D eigenvalue weighted by Gasteiger charge is 2.16. The van der Waals surface area contributed by atoms with Gasteiger partial charge in [-0.2, -0.15) is 0 Å². The molecule has 0 aliphatic rings. The highest BCUT2D eigenvalue weighted by Crippen LogP contribution is 2.10. The van der Waals surface area contributed by atoms with E-state index in [1.807, 2.05) is 0 Å². The summed E-state index contributed by atoms with van der Waals surface area (Å²) in [4.78, 5) is 15.7. The summed E-state index contributed by atoms with van der Waals surface area (Å²) in [5.74, 6) is 0.341. The van der Waals surface area contributed by atoms with Crippen molar-refractivity contribution in [1.29, 1.82) is 0 Å². The van der Waals surface area contributed by atoms with Crippen LogP contribution in [0.25, 0.3) is 0 Å². The number of carbonyl (C=O) groups excluding carboxylic acids is 1. The van der Waals surface area contributed by atoms with Gasteiger partial charge < -0.3 is 15.6 Å². The monoisotopic (exact) mass is 238 g/mol. The van der Waals surface area contributed by atoms with Gasteiger partial charge in [0.2, 0.25) is 0 Å². The number of hydrogen-bond donors (Lipinski definition) is 2. The zero-order valence-electron chi connectivity index (χ0n) is 10.8. The Hall–Kier alpha value is -1.36. The van der Waals surface area contributed by atoms with Gasteiger partial charge in [0.05, 0.1) is 12.5 Å². The van der Waals surface area contributed by atoms with Crippen LogP contribution in [0.1, 0.15) is 37.2 Å². The van der Waals surface area contributed by atoms with Gasteiger partial charge in [0.1, 0.15) is 5.69 Å². The van der Waals surface area contributed by atoms with E-state index < -0.39 is 0 Å². The Labute approximate surface area is 102 Å². The molecule has 1 amide bonds. The maximum atomic E-state index is 11.8. The molecule has 0 spiro atoms. The molecule has 1 unspecified atom stereocenters. The van der Waals surface area contributed by atoms with Crippen LogP contribution < -0.4 is 11.1 Å². The van der Waals surface area contributed by atoms with Crippen molar-refractivity contribution in [2.75, 3.05) is 6.54 Å². The minimum absolute atomic E-state index is 0.0159. The normalized spacial score (nSPS) is 12.8. The molecule has 17 heavy (non-hydrogen) atoms. The van der Waals surface area contributed by atoms with Gasteiger partial charge in [0, 0.05) is 19.6 Å². The number of imidazole rings is 1. The van der Waals surface area contributed by atoms with Crippen LogP contribution in [0, 0.1) is 5.92 Å². The number of aryl methyl sites for hydroxylation is 1. The molecule has 96 valence electrons. The molecule has 0 aliphatic carbocycles. The fraction of sp³-hybridized carbons (Fsp3) is 0.667. The Morgan fingerprint density at radius 3 is 2.65 bits per heavy atom. The summed E-state index contributed by atoms with van der Waals surface area (Å²) in [5, 5.41) is 2.85. The Morgan fingerprint density at radius 2 is 2.18 bits per heavy atom. The Morgan fingerprint density at radius 1 is 1.53 bits per heavy atom. The van der Waals surface area contributed by atoms with Gasteiger partial charge in [-0.1, -0.05) is 26.7 Å². The molecule has 0 saturated heterocycles. The molecule has 0 fully saturated rings. The van der Waals surface area contributed by atoms with Crippen LogP contribution in [0.2, 0.25) is 0 Å². The predicted molar refractivity (Wildman–Crippen MR) is 67.6 cm³/mol. The summed E-state index contributed by atoms with van der Waals surface area (Å²) >= 11 is 0. The summed E-state index contributed by atoms with van der Waals surface area (Å²) in [6.45, 7) is 4.75. The minimum Gasteiger partial charge on any atom is -0.349 e. The largest absolute Gasteiger partial charge is 0.349 e. The number of nitrogens with one attached hydrogen (secondary N) is 1. The predicted octanol–water partition coefficient (Wildman–Crippen LogP) is 0.913. The number of rotatable bonds is 6. The topological polar surface area (TPSA) is 72.9 Å². The third-order valence-electron chi connectivity index (χ3n) is 3.20. The van der Waals surface area contributed by atoms with Crippen LogP contribution in [-0.2, 0) is 7.05 Å². The van der Waals surface area contributed by atoms with Gasteiger partial charge in [-0.3, -0.25) is 4.79 Å². The molecule has 1 rings (SSSR count). The molecule has 1 aromatic heterocycles. The molecule has 1 atom stereocenters. The van der Waals surface area contributed by atoms with Crippen molar-refractivity contribution in [2.24, 2.45) is 18.7 Å². The van der Waals surface area contributed by atoms with Crippen molar-refractivity contribution in [3.63, 3.8) is 0 Å². The summed E-state index contributed by atoms with van der Waals surface area (Å²) in [7, 11) is 1.79. The van der Waals surface area contributed by atoms with Crippen LogP contribution in [0.5, 0.6) is 0 Å². The molecule has 0 bridgehead atoms. The summed E-state index contributed by atoms with van der Waals surface area (Å²) < 4.78 is 1.69. The first-order chi connectivity index (χ1) is 8.10. The molecule has 0 radical (unpaired) electrons. The van der Waals surface area contributed by atoms with Gasteiger partial charge in [-0.25, -0.2) is 4.98 Å². The highest BCUT2D eigenvalue weighted by atomic mass is 16.1. The zero-order valence-corrected chi connectivity index (χ0v) is 10.8. The first kappa shape index (κ1) is 13.7. The van der Waals surface area contributed by atoms with E-state index in [4.69, 9.17) is 5.73 Å². The molecule has 3 N–H and O–H groups in total. The lowest BCUT2D eigenvalue weighted by atomic mass is 9.95. The van der Waals surface area contributed by atoms with E-state index in [1.54, 1.807) is 24.1 Å². The third-order valence-corrected chi connectivity index (χ3v) is 3.20. The lowest BCUT2D eigenvalue weighted by molar-refractivity contribution is 0.0939. The Kier molecular flexibility index (Phi) is 5.15. The molecule has 5 nitrogen and oxygen atoms in total. The maximum Gasteiger partial charge on any atom is 0.269 e. The second-order valence-corrected chi connectivity index (χ2v) is 4.34. The second-order valence-electron chi connectivity index (χ2n) is 4.34. The van der Waals surface area contributed by atoms with Crippen LogP contribution in [0.15, 0.2) is 12.5 Å². The molecule has 1 aromatic rings. The van der Waals surface area contributed by atoms with Crippen LogP contribution in [0.3, 0.4) is 0 Å². The van der Waals surface area contributed by atoms with E-state index in [0.717, 1.165) is 12.8 Å². The lowest BCUT2D eigenvalue weighted by Crippen LogP contribution is -2.42. The van der Waals surface area contributed by atoms with Crippen molar-refractivity contribution in [1.82, 2.24) is 14.9 Å². The smallest absolute Gasteiger partial charge is 0.269 e. The number of carbonyl (C=O) groups is 1. The van der Waals surface area contributed by atoms with Gasteiger partial charge in [-0.15, -0.1) is 0 Å². The van der Waals surface area contributed by atoms with Gasteiger partial charge in [0.15, 0.2) is 0 Å². The second kappa shape index (κ2) is 6.39. The fourth-order valence-electron chi connectivity index (χ4n) is 1.94. The standard InChI is InChI=1S/C12H22N4O/c1-4-9(5-2)10(13)6-15-12(17)11-7-14-8-16(11)3/h7-10H,4-6,13H2,1-3H3,(H,15,17). The van der Waals surface area contributed by atoms with Crippen molar-refractivity contribution in [2.45, 2.75) is 32.7 Å². The Bertz CT molecular complexity index is 357. The van der Waals surface area contributed by atoms with Gasteiger partial charge >= 0.3 is 0 Å². The Balaban J connectivity index is 2.46. The van der Waals surface area contributed by atoms with Crippen molar-refractivity contribution in [3.05, 3.63) is 18.2 Å². The zero-order chi connectivity index (χ0) is 12.8. The molecule has 0 saturated carbocycles. The first-order valence-corrected chi connectivity index (χ1v) is 6.10. The van der Waals surface area contributed by atoms with E-state index in [2.05, 4.69) is 24.1 Å². The molecular formula is C12H22N4O. The third kappa shape index (κ3) is 3.56. The van der Waals surface area contributed by atoms with Crippen molar-refractivity contribution in [3.8, 4) is 0 Å². The number of nitrogens with zero attached hydrogens (tertiary/aromatic N) is 2. The highest BCUT2D eigenvalue weighted by molar-refractivity contribution is 5.92. The summed E-state index contributed by atoms with van der Waals surface area (Å²) in [6, 6.07) is 0.0159. The quantitative estimate of drug-likeness (QED) is 0.774. The van der Waals surface area contributed by atoms with Gasteiger partial charge in [-0.05, 0) is 5.92 Å². The van der Waals surface area contributed by atoms with E-state index in [9.17, 15) is 4.79 Å².